The van der Waals surface area contributed by atoms with Gasteiger partial charge in [0.25, 0.3) is 0 Å². The van der Waals surface area contributed by atoms with Crippen molar-refractivity contribution in [3.05, 3.63) is 35.4 Å². The van der Waals surface area contributed by atoms with Gasteiger partial charge >= 0.3 is 12.2 Å². The Balaban J connectivity index is 1.42. The van der Waals surface area contributed by atoms with Crippen molar-refractivity contribution in [1.29, 1.82) is 0 Å². The highest BCUT2D eigenvalue weighted by atomic mass is 32.1. The largest absolute Gasteiger partial charge is 0.461 e. The molecular weight excluding hydrogens is 579 g/mol. The monoisotopic (exact) mass is 606 g/mol. The lowest BCUT2D eigenvalue weighted by molar-refractivity contribution is -0.137. The Morgan fingerprint density at radius 1 is 1.07 bits per heavy atom. The van der Waals surface area contributed by atoms with Crippen molar-refractivity contribution in [3.8, 4) is 17.1 Å². The summed E-state index contributed by atoms with van der Waals surface area (Å²) in [5, 5.41) is 9.34. The van der Waals surface area contributed by atoms with E-state index >= 15 is 4.39 Å². The van der Waals surface area contributed by atoms with Crippen LogP contribution in [0.3, 0.4) is 0 Å². The fourth-order valence-corrected chi connectivity index (χ4v) is 7.46. The summed E-state index contributed by atoms with van der Waals surface area (Å²) in [6.45, 7) is 2.79. The van der Waals surface area contributed by atoms with E-state index in [0.29, 0.717) is 13.1 Å². The number of alkyl halides is 3. The summed E-state index contributed by atoms with van der Waals surface area (Å²) in [5.74, 6) is -1.95. The van der Waals surface area contributed by atoms with Crippen LogP contribution in [-0.2, 0) is 6.18 Å². The number of nitrogens with zero attached hydrogens (tertiary/aromatic N) is 5. The lowest BCUT2D eigenvalue weighted by Crippen LogP contribution is -2.49. The molecule has 7 rings (SSSR count). The Bertz CT molecular complexity index is 1700. The standard InChI is InChI=1S/C28H27F5N6O2S/c29-18-4-3-15(22-23(18)42-25(34)35-22)19-17(28(31,32)33)9-16-21(20(19)30)36-26(37-24(16)38-10-14(11-38)12-40)41-13-27-5-1-7-39(27)8-2-6-27/h3-4,9,14,40H,1-2,5-8,10-13H2,(H2,34,35). The van der Waals surface area contributed by atoms with Crippen LogP contribution in [0.2, 0.25) is 0 Å². The van der Waals surface area contributed by atoms with E-state index in [1.807, 2.05) is 0 Å². The van der Waals surface area contributed by atoms with Gasteiger partial charge in [-0.3, -0.25) is 4.90 Å². The number of fused-ring (bicyclic) bond motifs is 3. The van der Waals surface area contributed by atoms with E-state index in [0.717, 1.165) is 68.3 Å². The molecule has 3 aliphatic rings. The van der Waals surface area contributed by atoms with Crippen molar-refractivity contribution < 1.29 is 31.8 Å². The molecule has 4 aromatic rings. The number of aliphatic hydroxyl groups excluding tert-OH is 1. The van der Waals surface area contributed by atoms with Crippen LogP contribution in [0.25, 0.3) is 32.2 Å². The maximum atomic E-state index is 16.6. The molecule has 3 aliphatic heterocycles. The molecule has 0 spiro atoms. The molecule has 0 amide bonds. The molecular formula is C28H27F5N6O2S. The van der Waals surface area contributed by atoms with Gasteiger partial charge in [-0.25, -0.2) is 13.8 Å². The number of rotatable bonds is 6. The summed E-state index contributed by atoms with van der Waals surface area (Å²) in [5.41, 5.74) is 2.77. The second kappa shape index (κ2) is 9.85. The summed E-state index contributed by atoms with van der Waals surface area (Å²) in [6, 6.07) is 2.75. The van der Waals surface area contributed by atoms with Gasteiger partial charge in [-0.05, 0) is 57.0 Å². The van der Waals surface area contributed by atoms with Crippen LogP contribution in [0.5, 0.6) is 6.01 Å². The Morgan fingerprint density at radius 2 is 1.81 bits per heavy atom. The number of ether oxygens (including phenoxy) is 1. The summed E-state index contributed by atoms with van der Waals surface area (Å²) < 4.78 is 80.8. The molecule has 0 unspecified atom stereocenters. The number of nitrogen functional groups attached to an aromatic ring is 1. The first-order chi connectivity index (χ1) is 20.1. The van der Waals surface area contributed by atoms with E-state index in [4.69, 9.17) is 10.5 Å². The van der Waals surface area contributed by atoms with E-state index < -0.39 is 28.9 Å². The zero-order valence-electron chi connectivity index (χ0n) is 22.3. The number of hydrogen-bond acceptors (Lipinski definition) is 9. The van der Waals surface area contributed by atoms with E-state index in [2.05, 4.69) is 19.9 Å². The van der Waals surface area contributed by atoms with Crippen LogP contribution in [-0.4, -0.2) is 69.9 Å². The van der Waals surface area contributed by atoms with Gasteiger partial charge in [0, 0.05) is 42.1 Å². The van der Waals surface area contributed by atoms with Gasteiger partial charge in [-0.2, -0.15) is 23.1 Å². The van der Waals surface area contributed by atoms with Crippen molar-refractivity contribution in [2.45, 2.75) is 37.4 Å². The zero-order chi connectivity index (χ0) is 29.4. The smallest absolute Gasteiger partial charge is 0.417 e. The maximum Gasteiger partial charge on any atom is 0.417 e. The van der Waals surface area contributed by atoms with Crippen molar-refractivity contribution in [3.63, 3.8) is 0 Å². The number of aromatic nitrogens is 3. The number of thiazole rings is 1. The average Bonchev–Trinajstić information content (AvgIpc) is 3.61. The molecule has 2 aromatic heterocycles. The van der Waals surface area contributed by atoms with Gasteiger partial charge in [0.2, 0.25) is 0 Å². The molecule has 42 heavy (non-hydrogen) atoms. The molecule has 0 radical (unpaired) electrons. The van der Waals surface area contributed by atoms with Gasteiger partial charge in [-0.15, -0.1) is 0 Å². The molecule has 8 nitrogen and oxygen atoms in total. The summed E-state index contributed by atoms with van der Waals surface area (Å²) >= 11 is 0.769. The molecule has 2 aromatic carbocycles. The van der Waals surface area contributed by atoms with Crippen LogP contribution in [0.15, 0.2) is 18.2 Å². The third-order valence-corrected chi connectivity index (χ3v) is 9.67. The minimum absolute atomic E-state index is 0.0603. The SMILES string of the molecule is Nc1nc2c(-c3c(C(F)(F)F)cc4c(N5CC(CO)C5)nc(OCC56CCCN5CCC6)nc4c3F)ccc(F)c2s1. The maximum absolute atomic E-state index is 16.6. The van der Waals surface area contributed by atoms with E-state index in [1.54, 1.807) is 4.90 Å². The second-order valence-corrected chi connectivity index (χ2v) is 12.4. The molecule has 0 bridgehead atoms. The second-order valence-electron chi connectivity index (χ2n) is 11.3. The Kier molecular flexibility index (Phi) is 6.44. The Morgan fingerprint density at radius 3 is 2.50 bits per heavy atom. The van der Waals surface area contributed by atoms with E-state index in [-0.39, 0.29) is 68.3 Å². The summed E-state index contributed by atoms with van der Waals surface area (Å²) in [6.07, 6.45) is -1.01. The van der Waals surface area contributed by atoms with Crippen molar-refractivity contribution >= 4 is 43.4 Å². The molecule has 5 heterocycles. The predicted molar refractivity (Wildman–Crippen MR) is 149 cm³/mol. The summed E-state index contributed by atoms with van der Waals surface area (Å²) in [7, 11) is 0. The number of halogens is 5. The quantitative estimate of drug-likeness (QED) is 0.288. The number of aliphatic hydroxyl groups is 1. The highest BCUT2D eigenvalue weighted by molar-refractivity contribution is 7.22. The third kappa shape index (κ3) is 4.33. The molecule has 14 heteroatoms. The average molecular weight is 607 g/mol. The first-order valence-electron chi connectivity index (χ1n) is 13.8. The van der Waals surface area contributed by atoms with E-state index in [1.165, 1.54) is 0 Å². The van der Waals surface area contributed by atoms with Gasteiger partial charge in [-0.1, -0.05) is 11.3 Å². The Hall–Kier alpha value is -3.36. The fourth-order valence-electron chi connectivity index (χ4n) is 6.70. The van der Waals surface area contributed by atoms with Crippen molar-refractivity contribution in [2.24, 2.45) is 5.92 Å². The van der Waals surface area contributed by atoms with Crippen molar-refractivity contribution in [2.75, 3.05) is 50.0 Å². The lowest BCUT2D eigenvalue weighted by atomic mass is 9.94. The molecule has 3 fully saturated rings. The topological polar surface area (TPSA) is 101 Å². The highest BCUT2D eigenvalue weighted by Crippen LogP contribution is 2.46. The van der Waals surface area contributed by atoms with Crippen LogP contribution < -0.4 is 15.4 Å². The van der Waals surface area contributed by atoms with Gasteiger partial charge in [0.15, 0.2) is 10.9 Å². The van der Waals surface area contributed by atoms with Crippen LogP contribution in [0, 0.1) is 17.6 Å². The number of anilines is 2. The normalized spacial score (nSPS) is 19.1. The van der Waals surface area contributed by atoms with Gasteiger partial charge in [0.05, 0.1) is 21.3 Å². The minimum Gasteiger partial charge on any atom is -0.461 e. The number of nitrogens with two attached hydrogens (primary N) is 1. The zero-order valence-corrected chi connectivity index (χ0v) is 23.2. The molecule has 0 aliphatic carbocycles. The molecule has 0 atom stereocenters. The first-order valence-corrected chi connectivity index (χ1v) is 14.6. The van der Waals surface area contributed by atoms with Gasteiger partial charge in [0.1, 0.15) is 23.8 Å². The van der Waals surface area contributed by atoms with Crippen LogP contribution >= 0.6 is 11.3 Å². The summed E-state index contributed by atoms with van der Waals surface area (Å²) in [4.78, 5) is 16.9. The van der Waals surface area contributed by atoms with Crippen LogP contribution in [0.4, 0.5) is 32.9 Å². The Labute approximate surface area is 240 Å². The lowest BCUT2D eigenvalue weighted by Gasteiger charge is -2.39. The number of benzene rings is 2. The molecule has 0 saturated carbocycles. The fraction of sp³-hybridized carbons (Fsp3) is 0.464. The predicted octanol–water partition coefficient (Wildman–Crippen LogP) is 5.22. The van der Waals surface area contributed by atoms with E-state index in [9.17, 15) is 22.7 Å². The van der Waals surface area contributed by atoms with Crippen LogP contribution in [0.1, 0.15) is 31.2 Å². The molecule has 3 N–H and O–H groups in total. The molecule has 222 valence electrons. The minimum atomic E-state index is -4.98. The van der Waals surface area contributed by atoms with Gasteiger partial charge < -0.3 is 20.5 Å². The number of hydrogen-bond donors (Lipinski definition) is 2. The van der Waals surface area contributed by atoms with Crippen molar-refractivity contribution in [1.82, 2.24) is 19.9 Å². The highest BCUT2D eigenvalue weighted by Gasteiger charge is 2.45. The molecule has 3 saturated heterocycles. The first kappa shape index (κ1) is 27.5. The third-order valence-electron chi connectivity index (χ3n) is 8.77.